The van der Waals surface area contributed by atoms with Gasteiger partial charge in [-0.05, 0) is 61.6 Å². The fourth-order valence-corrected chi connectivity index (χ4v) is 3.28. The van der Waals surface area contributed by atoms with Gasteiger partial charge in [0.2, 0.25) is 0 Å². The largest absolute Gasteiger partial charge is 0.497 e. The maximum atomic E-state index is 5.20. The zero-order valence-corrected chi connectivity index (χ0v) is 18.1. The second-order valence-corrected chi connectivity index (χ2v) is 7.15. The number of rotatable bonds is 9. The smallest absolute Gasteiger partial charge is 0.190 e. The van der Waals surface area contributed by atoms with Gasteiger partial charge >= 0.3 is 0 Å². The Labute approximate surface area is 179 Å². The molecule has 0 spiro atoms. The third kappa shape index (κ3) is 6.11. The molecule has 1 aromatic heterocycles. The molecule has 158 valence electrons. The molecule has 0 amide bonds. The first-order valence-corrected chi connectivity index (χ1v) is 10.4. The predicted octanol–water partition coefficient (Wildman–Crippen LogP) is 3.53. The van der Waals surface area contributed by atoms with Crippen molar-refractivity contribution >= 4 is 5.96 Å². The molecule has 3 aromatic rings. The van der Waals surface area contributed by atoms with Gasteiger partial charge in [0, 0.05) is 26.3 Å². The van der Waals surface area contributed by atoms with Crippen LogP contribution < -0.4 is 15.4 Å². The second-order valence-electron chi connectivity index (χ2n) is 7.15. The summed E-state index contributed by atoms with van der Waals surface area (Å²) in [5.74, 6) is 1.72. The van der Waals surface area contributed by atoms with Gasteiger partial charge in [0.25, 0.3) is 0 Å². The number of ether oxygens (including phenoxy) is 1. The number of methoxy groups -OCH3 is 1. The zero-order chi connectivity index (χ0) is 21.2. The van der Waals surface area contributed by atoms with Crippen LogP contribution in [0.3, 0.4) is 0 Å². The van der Waals surface area contributed by atoms with Crippen molar-refractivity contribution in [3.63, 3.8) is 0 Å². The Hall–Kier alpha value is -3.28. The highest BCUT2D eigenvalue weighted by atomic mass is 16.5. The minimum Gasteiger partial charge on any atom is -0.497 e. The van der Waals surface area contributed by atoms with E-state index in [4.69, 9.17) is 4.74 Å². The number of aryl methyl sites for hydroxylation is 2. The first kappa shape index (κ1) is 21.4. The molecule has 30 heavy (non-hydrogen) atoms. The van der Waals surface area contributed by atoms with Gasteiger partial charge in [-0.2, -0.15) is 5.10 Å². The Bertz CT molecular complexity index is 932. The van der Waals surface area contributed by atoms with Gasteiger partial charge in [0.1, 0.15) is 5.75 Å². The van der Waals surface area contributed by atoms with Crippen LogP contribution in [0.2, 0.25) is 0 Å². The lowest BCUT2D eigenvalue weighted by Crippen LogP contribution is -2.38. The van der Waals surface area contributed by atoms with E-state index in [2.05, 4.69) is 58.1 Å². The SMILES string of the molecule is CN=C(NCCCc1cn(-c2ccccc2)nc1C)NCCc1ccc(OC)cc1. The Morgan fingerprint density at radius 3 is 2.43 bits per heavy atom. The molecule has 0 radical (unpaired) electrons. The summed E-state index contributed by atoms with van der Waals surface area (Å²) >= 11 is 0. The van der Waals surface area contributed by atoms with Crippen molar-refractivity contribution < 1.29 is 4.74 Å². The molecule has 0 fully saturated rings. The van der Waals surface area contributed by atoms with Gasteiger partial charge in [0.15, 0.2) is 5.96 Å². The van der Waals surface area contributed by atoms with E-state index in [1.54, 1.807) is 14.2 Å². The molecule has 0 aliphatic carbocycles. The van der Waals surface area contributed by atoms with Crippen LogP contribution in [0.1, 0.15) is 23.2 Å². The Morgan fingerprint density at radius 1 is 1.00 bits per heavy atom. The topological polar surface area (TPSA) is 63.5 Å². The molecule has 6 heteroatoms. The number of benzene rings is 2. The lowest BCUT2D eigenvalue weighted by molar-refractivity contribution is 0.414. The minimum absolute atomic E-state index is 0.828. The fraction of sp³-hybridized carbons (Fsp3) is 0.333. The van der Waals surface area contributed by atoms with Gasteiger partial charge in [-0.15, -0.1) is 0 Å². The van der Waals surface area contributed by atoms with Crippen LogP contribution in [-0.2, 0) is 12.8 Å². The van der Waals surface area contributed by atoms with E-state index in [-0.39, 0.29) is 0 Å². The van der Waals surface area contributed by atoms with Crippen molar-refractivity contribution in [2.75, 3.05) is 27.2 Å². The third-order valence-corrected chi connectivity index (χ3v) is 5.03. The van der Waals surface area contributed by atoms with Gasteiger partial charge in [0.05, 0.1) is 18.5 Å². The van der Waals surface area contributed by atoms with Crippen molar-refractivity contribution in [3.8, 4) is 11.4 Å². The van der Waals surface area contributed by atoms with Crippen LogP contribution >= 0.6 is 0 Å². The van der Waals surface area contributed by atoms with Crippen LogP contribution in [0.25, 0.3) is 5.69 Å². The summed E-state index contributed by atoms with van der Waals surface area (Å²) in [6, 6.07) is 18.4. The zero-order valence-electron chi connectivity index (χ0n) is 18.1. The van der Waals surface area contributed by atoms with Gasteiger partial charge in [-0.1, -0.05) is 30.3 Å². The molecule has 0 atom stereocenters. The van der Waals surface area contributed by atoms with Crippen LogP contribution in [0.5, 0.6) is 5.75 Å². The van der Waals surface area contributed by atoms with Crippen molar-refractivity contribution in [2.45, 2.75) is 26.2 Å². The van der Waals surface area contributed by atoms with Gasteiger partial charge < -0.3 is 15.4 Å². The maximum absolute atomic E-state index is 5.20. The molecule has 0 bridgehead atoms. The van der Waals surface area contributed by atoms with Gasteiger partial charge in [-0.3, -0.25) is 4.99 Å². The number of para-hydroxylation sites is 1. The molecule has 1 heterocycles. The molecular weight excluding hydrogens is 374 g/mol. The molecule has 0 aliphatic heterocycles. The highest BCUT2D eigenvalue weighted by Gasteiger charge is 2.06. The highest BCUT2D eigenvalue weighted by Crippen LogP contribution is 2.13. The molecular formula is C24H31N5O. The van der Waals surface area contributed by atoms with E-state index in [9.17, 15) is 0 Å². The van der Waals surface area contributed by atoms with Crippen LogP contribution in [0.4, 0.5) is 0 Å². The number of hydrogen-bond acceptors (Lipinski definition) is 3. The lowest BCUT2D eigenvalue weighted by Gasteiger charge is -2.12. The molecule has 3 rings (SSSR count). The lowest BCUT2D eigenvalue weighted by atomic mass is 10.1. The van der Waals surface area contributed by atoms with Crippen molar-refractivity contribution in [1.29, 1.82) is 0 Å². The van der Waals surface area contributed by atoms with E-state index < -0.39 is 0 Å². The number of aromatic nitrogens is 2. The summed E-state index contributed by atoms with van der Waals surface area (Å²) in [5.41, 5.74) is 4.72. The molecule has 0 aliphatic rings. The number of nitrogens with one attached hydrogen (secondary N) is 2. The predicted molar refractivity (Wildman–Crippen MR) is 123 cm³/mol. The Morgan fingerprint density at radius 2 is 1.73 bits per heavy atom. The molecule has 6 nitrogen and oxygen atoms in total. The monoisotopic (exact) mass is 405 g/mol. The first-order valence-electron chi connectivity index (χ1n) is 10.4. The molecule has 2 N–H and O–H groups in total. The molecule has 2 aromatic carbocycles. The summed E-state index contributed by atoms with van der Waals surface area (Å²) < 4.78 is 7.15. The maximum Gasteiger partial charge on any atom is 0.190 e. The molecule has 0 saturated carbocycles. The standard InChI is InChI=1S/C24H31N5O/c1-19-21(18-29(28-19)22-9-5-4-6-10-22)8-7-16-26-24(25-2)27-17-15-20-11-13-23(30-3)14-12-20/h4-6,9-14,18H,7-8,15-17H2,1-3H3,(H2,25,26,27). The quantitative estimate of drug-likeness (QED) is 0.325. The van der Waals surface area contributed by atoms with E-state index in [1.165, 1.54) is 11.1 Å². The third-order valence-electron chi connectivity index (χ3n) is 5.03. The number of guanidine groups is 1. The van der Waals surface area contributed by atoms with Gasteiger partial charge in [-0.25, -0.2) is 4.68 Å². The summed E-state index contributed by atoms with van der Waals surface area (Å²) in [5, 5.41) is 11.4. The fourth-order valence-electron chi connectivity index (χ4n) is 3.28. The number of nitrogens with zero attached hydrogens (tertiary/aromatic N) is 3. The van der Waals surface area contributed by atoms with Crippen molar-refractivity contribution in [2.24, 2.45) is 4.99 Å². The van der Waals surface area contributed by atoms with E-state index in [0.717, 1.165) is 55.4 Å². The van der Waals surface area contributed by atoms with E-state index in [1.807, 2.05) is 35.0 Å². The summed E-state index contributed by atoms with van der Waals surface area (Å²) in [6.07, 6.45) is 5.06. The Balaban J connectivity index is 1.39. The summed E-state index contributed by atoms with van der Waals surface area (Å²) in [6.45, 7) is 3.76. The van der Waals surface area contributed by atoms with Crippen molar-refractivity contribution in [3.05, 3.63) is 77.6 Å². The average molecular weight is 406 g/mol. The van der Waals surface area contributed by atoms with E-state index in [0.29, 0.717) is 0 Å². The first-order chi connectivity index (χ1) is 14.7. The summed E-state index contributed by atoms with van der Waals surface area (Å²) in [7, 11) is 3.49. The summed E-state index contributed by atoms with van der Waals surface area (Å²) in [4.78, 5) is 4.31. The number of hydrogen-bond donors (Lipinski definition) is 2. The normalized spacial score (nSPS) is 11.4. The van der Waals surface area contributed by atoms with E-state index >= 15 is 0 Å². The van der Waals surface area contributed by atoms with Crippen molar-refractivity contribution in [1.82, 2.24) is 20.4 Å². The molecule has 0 unspecified atom stereocenters. The number of aliphatic imine (C=N–C) groups is 1. The van der Waals surface area contributed by atoms with Crippen LogP contribution in [-0.4, -0.2) is 43.0 Å². The van der Waals surface area contributed by atoms with Crippen LogP contribution in [0.15, 0.2) is 65.8 Å². The molecule has 0 saturated heterocycles. The Kier molecular flexibility index (Phi) is 7.89. The second kappa shape index (κ2) is 11.0. The highest BCUT2D eigenvalue weighted by molar-refractivity contribution is 5.79. The van der Waals surface area contributed by atoms with Crippen LogP contribution in [0, 0.1) is 6.92 Å². The average Bonchev–Trinajstić information content (AvgIpc) is 3.17. The minimum atomic E-state index is 0.828.